The predicted molar refractivity (Wildman–Crippen MR) is 190 cm³/mol. The standard InChI is InChI=1S/C38H20N2O2S4/c41-37-32-31(33-35-23(17-29(45-35)27-13-7-15-43-27)25(19-39(33)37)21-9-3-1-4-10-21)38(42)40-20-26(22-11-5-2-6-12-22)24-18-30(28-14-8-16-44-28)46-36(24)34(32)40/h1-20H. The predicted octanol–water partition coefficient (Wildman–Crippen LogP) is 9.88. The normalized spacial score (nSPS) is 16.3. The third-order valence-corrected chi connectivity index (χ3v) is 13.2. The Bertz CT molecular complexity index is 2220. The molecule has 8 heterocycles. The van der Waals surface area contributed by atoms with Crippen molar-refractivity contribution in [3.05, 3.63) is 163 Å². The van der Waals surface area contributed by atoms with Gasteiger partial charge in [0, 0.05) is 54.2 Å². The second-order valence-corrected chi connectivity index (χ2v) is 15.3. The molecule has 2 amide bonds. The number of carbonyl (C=O) groups excluding carboxylic acids is 2. The van der Waals surface area contributed by atoms with Crippen molar-refractivity contribution in [2.45, 2.75) is 0 Å². The van der Waals surface area contributed by atoms with Crippen molar-refractivity contribution in [1.29, 1.82) is 0 Å². The smallest absolute Gasteiger partial charge is 0.265 e. The number of hydrogen-bond donors (Lipinski definition) is 0. The summed E-state index contributed by atoms with van der Waals surface area (Å²) in [5, 5.41) is 4.16. The van der Waals surface area contributed by atoms with Gasteiger partial charge in [0.15, 0.2) is 0 Å². The zero-order valence-electron chi connectivity index (χ0n) is 23.9. The number of benzene rings is 2. The summed E-state index contributed by atoms with van der Waals surface area (Å²) in [5.74, 6) is -0.316. The molecule has 0 bridgehead atoms. The van der Waals surface area contributed by atoms with E-state index in [4.69, 9.17) is 0 Å². The summed E-state index contributed by atoms with van der Waals surface area (Å²) in [4.78, 5) is 39.2. The highest BCUT2D eigenvalue weighted by molar-refractivity contribution is 7.22. The van der Waals surface area contributed by atoms with Gasteiger partial charge in [-0.05, 0) is 46.2 Å². The van der Waals surface area contributed by atoms with Crippen LogP contribution in [0.25, 0.3) is 42.0 Å². The number of nitrogens with zero attached hydrogens (tertiary/aromatic N) is 2. The van der Waals surface area contributed by atoms with Crippen molar-refractivity contribution in [1.82, 2.24) is 9.80 Å². The summed E-state index contributed by atoms with van der Waals surface area (Å²) in [5.41, 5.74) is 8.50. The Balaban J connectivity index is 1.24. The monoisotopic (exact) mass is 664 g/mol. The fourth-order valence-corrected chi connectivity index (χ4v) is 10.8. The van der Waals surface area contributed by atoms with Crippen LogP contribution in [0.15, 0.2) is 131 Å². The van der Waals surface area contributed by atoms with Gasteiger partial charge in [-0.15, -0.1) is 45.3 Å². The lowest BCUT2D eigenvalue weighted by molar-refractivity contribution is -0.122. The van der Waals surface area contributed by atoms with Gasteiger partial charge in [0.05, 0.1) is 32.3 Å². The Morgan fingerprint density at radius 2 is 0.913 bits per heavy atom. The molecule has 0 fully saturated rings. The highest BCUT2D eigenvalue weighted by atomic mass is 32.1. The first-order valence-electron chi connectivity index (χ1n) is 14.7. The fourth-order valence-electron chi connectivity index (χ4n) is 6.74. The molecular weight excluding hydrogens is 645 g/mol. The Morgan fingerprint density at radius 3 is 1.30 bits per heavy atom. The Hall–Kier alpha value is -4.86. The average Bonchev–Trinajstić information content (AvgIpc) is 3.94. The third-order valence-electron chi connectivity index (χ3n) is 8.76. The minimum Gasteiger partial charge on any atom is -0.281 e. The summed E-state index contributed by atoms with van der Waals surface area (Å²) in [6.07, 6.45) is 3.88. The SMILES string of the molecule is O=C1C2=C3c4sc(-c5cccs5)cc4C(c4ccccc4)=CN3C(=O)C2=C2c3sc(-c4cccs4)cc3C(c3ccccc3)=CN12. The van der Waals surface area contributed by atoms with Gasteiger partial charge in [0.2, 0.25) is 0 Å². The number of fused-ring (bicyclic) bond motifs is 7. The van der Waals surface area contributed by atoms with Gasteiger partial charge >= 0.3 is 0 Å². The molecule has 0 saturated carbocycles. The van der Waals surface area contributed by atoms with E-state index >= 15 is 0 Å². The van der Waals surface area contributed by atoms with Crippen molar-refractivity contribution < 1.29 is 9.59 Å². The van der Waals surface area contributed by atoms with Gasteiger partial charge in [-0.3, -0.25) is 19.4 Å². The second kappa shape index (κ2) is 9.82. The average molecular weight is 665 g/mol. The summed E-state index contributed by atoms with van der Waals surface area (Å²) in [7, 11) is 0. The molecule has 2 aromatic carbocycles. The molecule has 4 nitrogen and oxygen atoms in total. The number of thiophene rings is 4. The largest absolute Gasteiger partial charge is 0.281 e. The van der Waals surface area contributed by atoms with Gasteiger partial charge in [0.25, 0.3) is 11.8 Å². The van der Waals surface area contributed by atoms with E-state index < -0.39 is 0 Å². The van der Waals surface area contributed by atoms with E-state index in [0.29, 0.717) is 22.5 Å². The summed E-state index contributed by atoms with van der Waals surface area (Å²) >= 11 is 6.69. The maximum atomic E-state index is 14.6. The van der Waals surface area contributed by atoms with Crippen molar-refractivity contribution in [2.24, 2.45) is 0 Å². The molecule has 0 aliphatic carbocycles. The van der Waals surface area contributed by atoms with Crippen LogP contribution in [-0.2, 0) is 9.59 Å². The molecule has 4 aliphatic heterocycles. The summed E-state index contributed by atoms with van der Waals surface area (Å²) in [6, 6.07) is 33.2. The van der Waals surface area contributed by atoms with Crippen molar-refractivity contribution >= 4 is 79.7 Å². The lowest BCUT2D eigenvalue weighted by Gasteiger charge is -2.28. The van der Waals surface area contributed by atoms with E-state index in [1.165, 1.54) is 9.75 Å². The second-order valence-electron chi connectivity index (χ2n) is 11.3. The maximum absolute atomic E-state index is 14.6. The molecule has 4 aromatic heterocycles. The van der Waals surface area contributed by atoms with Gasteiger partial charge in [-0.25, -0.2) is 0 Å². The minimum absolute atomic E-state index is 0.158. The van der Waals surface area contributed by atoms with Crippen LogP contribution in [-0.4, -0.2) is 21.6 Å². The zero-order valence-corrected chi connectivity index (χ0v) is 27.2. The zero-order chi connectivity index (χ0) is 30.5. The number of carbonyl (C=O) groups is 2. The van der Waals surface area contributed by atoms with Crippen molar-refractivity contribution in [3.8, 4) is 19.5 Å². The molecule has 4 aliphatic rings. The molecule has 46 heavy (non-hydrogen) atoms. The van der Waals surface area contributed by atoms with Crippen LogP contribution in [0.3, 0.4) is 0 Å². The molecule has 10 rings (SSSR count). The number of hydrogen-bond acceptors (Lipinski definition) is 6. The van der Waals surface area contributed by atoms with Crippen LogP contribution in [0.4, 0.5) is 0 Å². The third kappa shape index (κ3) is 3.64. The highest BCUT2D eigenvalue weighted by Gasteiger charge is 2.52. The number of amides is 2. The van der Waals surface area contributed by atoms with E-state index in [2.05, 4.69) is 71.4 Å². The van der Waals surface area contributed by atoms with Crippen molar-refractivity contribution in [2.75, 3.05) is 0 Å². The molecule has 0 spiro atoms. The van der Waals surface area contributed by atoms with Gasteiger partial charge < -0.3 is 0 Å². The Labute approximate surface area is 280 Å². The molecule has 0 radical (unpaired) electrons. The molecular formula is C38H20N2O2S4. The summed E-state index contributed by atoms with van der Waals surface area (Å²) in [6.45, 7) is 0. The van der Waals surface area contributed by atoms with E-state index in [9.17, 15) is 9.59 Å². The first-order valence-corrected chi connectivity index (χ1v) is 18.1. The van der Waals surface area contributed by atoms with Gasteiger partial charge in [-0.1, -0.05) is 72.8 Å². The molecule has 8 heteroatoms. The van der Waals surface area contributed by atoms with Gasteiger partial charge in [-0.2, -0.15) is 0 Å². The van der Waals surface area contributed by atoms with E-state index in [1.54, 1.807) is 55.1 Å². The van der Waals surface area contributed by atoms with Crippen LogP contribution >= 0.6 is 45.3 Å². The van der Waals surface area contributed by atoms with E-state index in [1.807, 2.05) is 48.8 Å². The topological polar surface area (TPSA) is 40.6 Å². The first kappa shape index (κ1) is 26.4. The molecule has 6 aromatic rings. The van der Waals surface area contributed by atoms with Crippen LogP contribution in [0.2, 0.25) is 0 Å². The quantitative estimate of drug-likeness (QED) is 0.188. The van der Waals surface area contributed by atoms with Gasteiger partial charge in [0.1, 0.15) is 0 Å². The summed E-state index contributed by atoms with van der Waals surface area (Å²) < 4.78 is 0. The van der Waals surface area contributed by atoms with E-state index in [0.717, 1.165) is 52.9 Å². The van der Waals surface area contributed by atoms with E-state index in [-0.39, 0.29) is 11.8 Å². The first-order chi connectivity index (χ1) is 22.7. The van der Waals surface area contributed by atoms with Crippen LogP contribution in [0, 0.1) is 0 Å². The molecule has 218 valence electrons. The number of rotatable bonds is 4. The lowest BCUT2D eigenvalue weighted by Crippen LogP contribution is -2.27. The molecule has 0 N–H and O–H groups in total. The fraction of sp³-hybridized carbons (Fsp3) is 0. The molecule has 0 saturated heterocycles. The Morgan fingerprint density at radius 1 is 0.478 bits per heavy atom. The Kier molecular flexibility index (Phi) is 5.63. The lowest BCUT2D eigenvalue weighted by atomic mass is 9.94. The minimum atomic E-state index is -0.158. The highest BCUT2D eigenvalue weighted by Crippen LogP contribution is 2.57. The van der Waals surface area contributed by atoms with Crippen LogP contribution < -0.4 is 0 Å². The molecule has 0 atom stereocenters. The van der Waals surface area contributed by atoms with Crippen LogP contribution in [0.5, 0.6) is 0 Å². The van der Waals surface area contributed by atoms with Crippen molar-refractivity contribution in [3.63, 3.8) is 0 Å². The molecule has 0 unspecified atom stereocenters. The van der Waals surface area contributed by atoms with Crippen LogP contribution in [0.1, 0.15) is 32.0 Å². The maximum Gasteiger partial charge on any atom is 0.265 e.